The van der Waals surface area contributed by atoms with Gasteiger partial charge in [-0.25, -0.2) is 8.42 Å². The van der Waals surface area contributed by atoms with Crippen LogP contribution in [0.2, 0.25) is 0 Å². The van der Waals surface area contributed by atoms with Crippen LogP contribution < -0.4 is 0 Å². The summed E-state index contributed by atoms with van der Waals surface area (Å²) in [5.74, 6) is -0.545. The fraction of sp³-hybridized carbons (Fsp3) is 0.455. The van der Waals surface area contributed by atoms with Gasteiger partial charge in [-0.3, -0.25) is 0 Å². The van der Waals surface area contributed by atoms with Gasteiger partial charge in [-0.2, -0.15) is 17.5 Å². The van der Waals surface area contributed by atoms with Gasteiger partial charge in [0, 0.05) is 28.3 Å². The highest BCUT2D eigenvalue weighted by molar-refractivity contribution is 9.10. The molecule has 0 amide bonds. The molecule has 0 bridgehead atoms. The lowest BCUT2D eigenvalue weighted by Crippen LogP contribution is -2.46. The number of hydrogen-bond donors (Lipinski definition) is 1. The van der Waals surface area contributed by atoms with Crippen molar-refractivity contribution >= 4 is 37.7 Å². The molecule has 0 fully saturated rings. The van der Waals surface area contributed by atoms with Gasteiger partial charge in [0.1, 0.15) is 0 Å². The molecule has 0 radical (unpaired) electrons. The number of halogens is 4. The number of hydrogen-bond acceptors (Lipinski definition) is 4. The van der Waals surface area contributed by atoms with Gasteiger partial charge in [0.05, 0.1) is 15.9 Å². The molecule has 2 atom stereocenters. The van der Waals surface area contributed by atoms with Crippen LogP contribution in [0.5, 0.6) is 0 Å². The fourth-order valence-electron chi connectivity index (χ4n) is 3.87. The van der Waals surface area contributed by atoms with Crippen LogP contribution in [0.15, 0.2) is 62.8 Å². The lowest BCUT2D eigenvalue weighted by atomic mass is 9.84. The van der Waals surface area contributed by atoms with E-state index in [-0.39, 0.29) is 24.3 Å². The molecule has 1 aliphatic rings. The van der Waals surface area contributed by atoms with Crippen LogP contribution in [0, 0.1) is 0 Å². The van der Waals surface area contributed by atoms with Gasteiger partial charge < -0.3 is 5.11 Å². The summed E-state index contributed by atoms with van der Waals surface area (Å²) in [6, 6.07) is 13.6. The van der Waals surface area contributed by atoms with Crippen molar-refractivity contribution in [2.75, 3.05) is 6.54 Å². The van der Waals surface area contributed by atoms with Crippen molar-refractivity contribution in [3.8, 4) is 0 Å². The Balaban J connectivity index is 1.99. The summed E-state index contributed by atoms with van der Waals surface area (Å²) < 4.78 is 67.2. The summed E-state index contributed by atoms with van der Waals surface area (Å²) in [7, 11) is -4.03. The van der Waals surface area contributed by atoms with E-state index >= 15 is 0 Å². The second-order valence-corrected chi connectivity index (χ2v) is 12.3. The van der Waals surface area contributed by atoms with Crippen LogP contribution in [0.4, 0.5) is 13.2 Å². The molecule has 0 saturated carbocycles. The number of thioether (sulfide) groups is 1. The molecule has 0 aliphatic carbocycles. The Morgan fingerprint density at radius 1 is 1.06 bits per heavy atom. The maximum Gasteiger partial charge on any atom is 0.389 e. The normalized spacial score (nSPS) is 19.4. The third kappa shape index (κ3) is 5.88. The molecule has 32 heavy (non-hydrogen) atoms. The molecule has 0 spiro atoms. The highest BCUT2D eigenvalue weighted by Gasteiger charge is 2.48. The summed E-state index contributed by atoms with van der Waals surface area (Å²) in [5, 5.41) is 10.3. The Kier molecular flexibility index (Phi) is 7.71. The van der Waals surface area contributed by atoms with Gasteiger partial charge >= 0.3 is 6.18 Å². The van der Waals surface area contributed by atoms with Crippen molar-refractivity contribution in [1.29, 1.82) is 0 Å². The monoisotopic (exact) mass is 551 g/mol. The zero-order valence-electron chi connectivity index (χ0n) is 17.6. The van der Waals surface area contributed by atoms with Gasteiger partial charge in [-0.05, 0) is 62.6 Å². The lowest BCUT2D eigenvalue weighted by molar-refractivity contribution is -0.135. The minimum atomic E-state index is -4.29. The van der Waals surface area contributed by atoms with Crippen LogP contribution in [0.3, 0.4) is 0 Å². The number of sulfonamides is 1. The molecule has 2 unspecified atom stereocenters. The van der Waals surface area contributed by atoms with E-state index in [2.05, 4.69) is 15.9 Å². The van der Waals surface area contributed by atoms with E-state index in [1.54, 1.807) is 26.0 Å². The number of rotatable bonds is 8. The molecular formula is C22H25BrF3NO3S2. The van der Waals surface area contributed by atoms with E-state index in [1.807, 2.05) is 24.3 Å². The first-order chi connectivity index (χ1) is 14.8. The number of unbranched alkanes of at least 4 members (excludes halogenated alkanes) is 1. The van der Waals surface area contributed by atoms with Crippen LogP contribution in [0.25, 0.3) is 0 Å². The van der Waals surface area contributed by atoms with E-state index in [0.717, 1.165) is 10.5 Å². The second-order valence-electron chi connectivity index (χ2n) is 8.32. The molecule has 3 rings (SSSR count). The molecule has 2 aromatic rings. The first-order valence-corrected chi connectivity index (χ1v) is 13.2. The van der Waals surface area contributed by atoms with E-state index < -0.39 is 39.5 Å². The van der Waals surface area contributed by atoms with Crippen LogP contribution in [0.1, 0.15) is 44.6 Å². The second kappa shape index (κ2) is 9.66. The summed E-state index contributed by atoms with van der Waals surface area (Å²) >= 11 is 4.61. The molecule has 176 valence electrons. The number of aliphatic hydroxyl groups is 1. The van der Waals surface area contributed by atoms with Gasteiger partial charge in [-0.1, -0.05) is 34.1 Å². The van der Waals surface area contributed by atoms with Crippen LogP contribution >= 0.6 is 27.7 Å². The predicted molar refractivity (Wildman–Crippen MR) is 123 cm³/mol. The molecule has 0 saturated heterocycles. The topological polar surface area (TPSA) is 57.6 Å². The summed E-state index contributed by atoms with van der Waals surface area (Å²) in [6.07, 6.45) is -5.37. The molecule has 1 heterocycles. The largest absolute Gasteiger partial charge is 0.390 e. The molecular weight excluding hydrogens is 527 g/mol. The van der Waals surface area contributed by atoms with Crippen LogP contribution in [-0.4, -0.2) is 41.5 Å². The van der Waals surface area contributed by atoms with E-state index in [0.29, 0.717) is 4.47 Å². The minimum Gasteiger partial charge on any atom is -0.390 e. The summed E-state index contributed by atoms with van der Waals surface area (Å²) in [5.41, 5.74) is -0.412. The Hall–Kier alpha value is -1.07. The minimum absolute atomic E-state index is 0.0568. The Bertz CT molecular complexity index is 1040. The maximum absolute atomic E-state index is 13.6. The van der Waals surface area contributed by atoms with Crippen molar-refractivity contribution in [3.63, 3.8) is 0 Å². The third-order valence-electron chi connectivity index (χ3n) is 5.34. The van der Waals surface area contributed by atoms with Crippen LogP contribution in [-0.2, 0) is 10.0 Å². The van der Waals surface area contributed by atoms with Crippen molar-refractivity contribution in [2.24, 2.45) is 0 Å². The first kappa shape index (κ1) is 25.6. The molecule has 4 nitrogen and oxygen atoms in total. The number of fused-ring (bicyclic) bond motifs is 1. The smallest absolute Gasteiger partial charge is 0.389 e. The van der Waals surface area contributed by atoms with Gasteiger partial charge in [0.2, 0.25) is 10.0 Å². The van der Waals surface area contributed by atoms with E-state index in [1.165, 1.54) is 28.2 Å². The quantitative estimate of drug-likeness (QED) is 0.399. The molecule has 2 aromatic carbocycles. The Morgan fingerprint density at radius 2 is 1.69 bits per heavy atom. The fourth-order valence-corrected chi connectivity index (χ4v) is 7.71. The molecule has 1 N–H and O–H groups in total. The molecule has 0 aromatic heterocycles. The number of benzene rings is 2. The van der Waals surface area contributed by atoms with E-state index in [4.69, 9.17) is 0 Å². The molecule has 10 heteroatoms. The average Bonchev–Trinajstić information content (AvgIpc) is 3.06. The Morgan fingerprint density at radius 3 is 2.28 bits per heavy atom. The maximum atomic E-state index is 13.6. The summed E-state index contributed by atoms with van der Waals surface area (Å²) in [6.45, 7) is 3.18. The Labute approximate surface area is 199 Å². The van der Waals surface area contributed by atoms with E-state index in [9.17, 15) is 26.7 Å². The third-order valence-corrected chi connectivity index (χ3v) is 9.29. The number of alkyl halides is 3. The molecule has 1 aliphatic heterocycles. The summed E-state index contributed by atoms with van der Waals surface area (Å²) in [4.78, 5) is 0.915. The first-order valence-electron chi connectivity index (χ1n) is 10.1. The highest BCUT2D eigenvalue weighted by Crippen LogP contribution is 2.52. The zero-order chi connectivity index (χ0) is 23.7. The lowest BCUT2D eigenvalue weighted by Gasteiger charge is -2.37. The average molecular weight is 552 g/mol. The van der Waals surface area contributed by atoms with Crippen molar-refractivity contribution in [1.82, 2.24) is 4.31 Å². The standard InChI is InChI=1S/C22H25BrF3NO3S2/c1-21(2,28)19-17-7-3-4-8-18(17)31-20(19)27(14-6-5-13-22(24,25)26)32(29,30)16-11-9-15(23)10-12-16/h3-4,7-12,19-20,28H,5-6,13-14H2,1-2H3. The SMILES string of the molecule is CC(C)(O)C1c2ccccc2SC1N(CCCCC(F)(F)F)S(=O)(=O)c1ccc(Br)cc1. The van der Waals surface area contributed by atoms with Crippen molar-refractivity contribution in [3.05, 3.63) is 58.6 Å². The van der Waals surface area contributed by atoms with Gasteiger partial charge in [-0.15, -0.1) is 11.8 Å². The van der Waals surface area contributed by atoms with Gasteiger partial charge in [0.25, 0.3) is 0 Å². The zero-order valence-corrected chi connectivity index (χ0v) is 20.9. The van der Waals surface area contributed by atoms with Crippen molar-refractivity contribution in [2.45, 2.75) is 66.0 Å². The highest BCUT2D eigenvalue weighted by atomic mass is 79.9. The van der Waals surface area contributed by atoms with Crippen molar-refractivity contribution < 1.29 is 26.7 Å². The van der Waals surface area contributed by atoms with Gasteiger partial charge in [0.15, 0.2) is 0 Å². The number of nitrogens with zero attached hydrogens (tertiary/aromatic N) is 1. The predicted octanol–water partition coefficient (Wildman–Crippen LogP) is 6.16.